The smallest absolute Gasteiger partial charge is 0.309 e. The Balaban J connectivity index is 1.77. The highest BCUT2D eigenvalue weighted by molar-refractivity contribution is 5.70. The van der Waals surface area contributed by atoms with Gasteiger partial charge in [0.05, 0.1) is 30.8 Å². The van der Waals surface area contributed by atoms with Crippen molar-refractivity contribution in [1.82, 2.24) is 0 Å². The number of cyclic esters (lactones) is 1. The molecule has 0 saturated carbocycles. The third kappa shape index (κ3) is 10.8. The van der Waals surface area contributed by atoms with E-state index >= 15 is 0 Å². The Morgan fingerprint density at radius 2 is 1.73 bits per heavy atom. The highest BCUT2D eigenvalue weighted by Crippen LogP contribution is 2.32. The average molecular weight is 517 g/mol. The summed E-state index contributed by atoms with van der Waals surface area (Å²) in [5, 5.41) is 0. The van der Waals surface area contributed by atoms with Crippen LogP contribution in [0.3, 0.4) is 0 Å². The quantitative estimate of drug-likeness (QED) is 0.171. The van der Waals surface area contributed by atoms with Crippen molar-refractivity contribution in [3.05, 3.63) is 36.5 Å². The van der Waals surface area contributed by atoms with E-state index in [-0.39, 0.29) is 60.9 Å². The predicted molar refractivity (Wildman–Crippen MR) is 145 cm³/mol. The first-order chi connectivity index (χ1) is 17.8. The van der Waals surface area contributed by atoms with Gasteiger partial charge in [0.1, 0.15) is 12.2 Å². The number of rotatable bonds is 6. The molecule has 3 aliphatic heterocycles. The van der Waals surface area contributed by atoms with E-state index in [9.17, 15) is 9.59 Å². The molecule has 6 nitrogen and oxygen atoms in total. The molecule has 4 bridgehead atoms. The fraction of sp³-hybridized carbons (Fsp3) is 0.742. The zero-order chi connectivity index (χ0) is 26.6. The second-order valence-corrected chi connectivity index (χ2v) is 11.2. The molecule has 0 N–H and O–H groups in total. The van der Waals surface area contributed by atoms with E-state index in [0.29, 0.717) is 18.8 Å². The highest BCUT2D eigenvalue weighted by atomic mass is 16.6. The maximum absolute atomic E-state index is 13.1. The van der Waals surface area contributed by atoms with Gasteiger partial charge in [0, 0.05) is 25.7 Å². The molecular formula is C31H48O6. The number of esters is 2. The van der Waals surface area contributed by atoms with Crippen LogP contribution in [0.1, 0.15) is 98.3 Å². The fourth-order valence-corrected chi connectivity index (χ4v) is 5.65. The molecule has 0 radical (unpaired) electrons. The van der Waals surface area contributed by atoms with Crippen molar-refractivity contribution in [3.8, 4) is 0 Å². The van der Waals surface area contributed by atoms with Crippen molar-refractivity contribution in [2.24, 2.45) is 11.8 Å². The van der Waals surface area contributed by atoms with Gasteiger partial charge >= 0.3 is 11.9 Å². The molecule has 0 aliphatic carbocycles. The summed E-state index contributed by atoms with van der Waals surface area (Å²) in [6, 6.07) is 0. The van der Waals surface area contributed by atoms with Gasteiger partial charge < -0.3 is 18.9 Å². The van der Waals surface area contributed by atoms with Crippen molar-refractivity contribution in [1.29, 1.82) is 0 Å². The van der Waals surface area contributed by atoms with E-state index in [2.05, 4.69) is 39.0 Å². The summed E-state index contributed by atoms with van der Waals surface area (Å²) >= 11 is 0. The van der Waals surface area contributed by atoms with E-state index in [1.165, 1.54) is 19.8 Å². The fourth-order valence-electron chi connectivity index (χ4n) is 5.65. The van der Waals surface area contributed by atoms with Crippen molar-refractivity contribution in [2.75, 3.05) is 0 Å². The summed E-state index contributed by atoms with van der Waals surface area (Å²) in [5.74, 6) is -0.174. The number of allylic oxidation sites excluding steroid dienone is 4. The maximum Gasteiger partial charge on any atom is 0.309 e. The molecule has 0 spiro atoms. The molecule has 208 valence electrons. The van der Waals surface area contributed by atoms with Gasteiger partial charge in [0.2, 0.25) is 0 Å². The van der Waals surface area contributed by atoms with Crippen LogP contribution in [0.4, 0.5) is 0 Å². The SMILES string of the molecule is CCCCC=C/C=C/[C@@H]1OC(=O)C[C@@H]2C[C@H](OC(C)=O)C[C@H](C[C@@H]3CCCC(C[C@@H](C)/C=C/[C@@H]1C)O3)O2. The van der Waals surface area contributed by atoms with Crippen LogP contribution in [0.25, 0.3) is 0 Å². The Bertz CT molecular complexity index is 802. The van der Waals surface area contributed by atoms with Crippen molar-refractivity contribution >= 4 is 11.9 Å². The maximum atomic E-state index is 13.1. The Morgan fingerprint density at radius 3 is 2.49 bits per heavy atom. The van der Waals surface area contributed by atoms with Gasteiger partial charge in [0.15, 0.2) is 0 Å². The van der Waals surface area contributed by atoms with Gasteiger partial charge in [-0.3, -0.25) is 9.59 Å². The molecule has 37 heavy (non-hydrogen) atoms. The molecule has 8 atom stereocenters. The Labute approximate surface area is 223 Å². The van der Waals surface area contributed by atoms with Crippen LogP contribution in [0.15, 0.2) is 36.5 Å². The van der Waals surface area contributed by atoms with Gasteiger partial charge in [-0.2, -0.15) is 0 Å². The molecule has 2 saturated heterocycles. The summed E-state index contributed by atoms with van der Waals surface area (Å²) in [5.41, 5.74) is 0. The molecule has 2 fully saturated rings. The second kappa shape index (κ2) is 15.5. The van der Waals surface area contributed by atoms with Crippen LogP contribution in [0.2, 0.25) is 0 Å². The first kappa shape index (κ1) is 29.6. The molecule has 3 aliphatic rings. The first-order valence-corrected chi connectivity index (χ1v) is 14.5. The lowest BCUT2D eigenvalue weighted by Gasteiger charge is -2.38. The van der Waals surface area contributed by atoms with Crippen LogP contribution in [-0.2, 0) is 28.5 Å². The van der Waals surface area contributed by atoms with Crippen LogP contribution >= 0.6 is 0 Å². The summed E-state index contributed by atoms with van der Waals surface area (Å²) in [7, 11) is 0. The molecule has 0 aromatic heterocycles. The van der Waals surface area contributed by atoms with E-state index < -0.39 is 0 Å². The van der Waals surface area contributed by atoms with Crippen molar-refractivity contribution in [3.63, 3.8) is 0 Å². The van der Waals surface area contributed by atoms with E-state index in [0.717, 1.165) is 38.5 Å². The Kier molecular flexibility index (Phi) is 12.4. The van der Waals surface area contributed by atoms with Gasteiger partial charge in [-0.05, 0) is 50.5 Å². The van der Waals surface area contributed by atoms with E-state index in [4.69, 9.17) is 18.9 Å². The average Bonchev–Trinajstić information content (AvgIpc) is 2.83. The highest BCUT2D eigenvalue weighted by Gasteiger charge is 2.36. The summed E-state index contributed by atoms with van der Waals surface area (Å²) in [4.78, 5) is 24.8. The molecule has 0 aromatic rings. The summed E-state index contributed by atoms with van der Waals surface area (Å²) in [6.07, 6.45) is 21.6. The van der Waals surface area contributed by atoms with Gasteiger partial charge in [-0.15, -0.1) is 0 Å². The number of ether oxygens (including phenoxy) is 4. The van der Waals surface area contributed by atoms with Crippen molar-refractivity contribution < 1.29 is 28.5 Å². The number of carbonyl (C=O) groups excluding carboxylic acids is 2. The third-order valence-electron chi connectivity index (χ3n) is 7.56. The third-order valence-corrected chi connectivity index (χ3v) is 7.56. The number of fused-ring (bicyclic) bond motifs is 4. The normalized spacial score (nSPS) is 36.8. The summed E-state index contributed by atoms with van der Waals surface area (Å²) in [6.45, 7) is 7.94. The van der Waals surface area contributed by atoms with Crippen LogP contribution in [0, 0.1) is 11.8 Å². The number of carbonyl (C=O) groups is 2. The predicted octanol–water partition coefficient (Wildman–Crippen LogP) is 6.63. The lowest BCUT2D eigenvalue weighted by molar-refractivity contribution is -0.170. The largest absolute Gasteiger partial charge is 0.462 e. The molecule has 3 heterocycles. The Morgan fingerprint density at radius 1 is 1.00 bits per heavy atom. The minimum absolute atomic E-state index is 0.0356. The van der Waals surface area contributed by atoms with E-state index in [1.807, 2.05) is 18.2 Å². The van der Waals surface area contributed by atoms with Crippen LogP contribution in [-0.4, -0.2) is 48.6 Å². The second-order valence-electron chi connectivity index (χ2n) is 11.2. The van der Waals surface area contributed by atoms with E-state index in [1.54, 1.807) is 0 Å². The molecule has 3 rings (SSSR count). The minimum atomic E-state index is -0.362. The molecular weight excluding hydrogens is 468 g/mol. The van der Waals surface area contributed by atoms with Crippen molar-refractivity contribution in [2.45, 2.75) is 135 Å². The first-order valence-electron chi connectivity index (χ1n) is 14.5. The molecule has 6 heteroatoms. The number of unbranched alkanes of at least 4 members (excludes halogenated alkanes) is 2. The number of hydrogen-bond donors (Lipinski definition) is 0. The lowest BCUT2D eigenvalue weighted by atomic mass is 9.90. The molecule has 1 unspecified atom stereocenters. The standard InChI is InChI=1S/C31H48O6/c1-5-6-7-8-9-10-14-30-23(3)16-15-22(2)17-25-12-11-13-26(35-25)18-28-19-27(34-24(4)32)20-29(36-28)21-31(33)37-30/h8-10,14-16,22-23,25-30H,5-7,11-13,17-21H2,1-4H3/b9-8?,14-10+,16-15+/t22-,23-,25?,26-,27+,28-,29-,30-/m0/s1. The molecule has 0 amide bonds. The zero-order valence-electron chi connectivity index (χ0n) is 23.3. The number of hydrogen-bond acceptors (Lipinski definition) is 6. The Hall–Kier alpha value is -1.92. The monoisotopic (exact) mass is 516 g/mol. The topological polar surface area (TPSA) is 71.1 Å². The molecule has 0 aromatic carbocycles. The van der Waals surface area contributed by atoms with Gasteiger partial charge in [-0.1, -0.05) is 64.0 Å². The summed E-state index contributed by atoms with van der Waals surface area (Å²) < 4.78 is 24.4. The minimum Gasteiger partial charge on any atom is -0.462 e. The van der Waals surface area contributed by atoms with Gasteiger partial charge in [-0.25, -0.2) is 0 Å². The van der Waals surface area contributed by atoms with Crippen LogP contribution in [0.5, 0.6) is 0 Å². The van der Waals surface area contributed by atoms with Crippen LogP contribution < -0.4 is 0 Å². The van der Waals surface area contributed by atoms with Gasteiger partial charge in [0.25, 0.3) is 0 Å². The lowest BCUT2D eigenvalue weighted by Crippen LogP contribution is -2.42. The zero-order valence-corrected chi connectivity index (χ0v) is 23.3.